The second-order valence-electron chi connectivity index (χ2n) is 15.0. The summed E-state index contributed by atoms with van der Waals surface area (Å²) in [7, 11) is -10.6. The van der Waals surface area contributed by atoms with Crippen LogP contribution in [0.3, 0.4) is 0 Å². The van der Waals surface area contributed by atoms with Gasteiger partial charge in [0.05, 0.1) is 59.2 Å². The molecule has 5 fully saturated rings. The highest BCUT2D eigenvalue weighted by Crippen LogP contribution is 2.48. The molecule has 21 nitrogen and oxygen atoms in total. The molecule has 0 aliphatic heterocycles. The molecule has 0 heterocycles. The van der Waals surface area contributed by atoms with Crippen LogP contribution in [0, 0.1) is 23.7 Å². The quantitative estimate of drug-likeness (QED) is 0.0292. The van der Waals surface area contributed by atoms with Gasteiger partial charge in [0.25, 0.3) is 30.4 Å². The van der Waals surface area contributed by atoms with Crippen LogP contribution < -0.4 is 5.73 Å². The number of hydrogen-bond acceptors (Lipinski definition) is 19. The minimum Gasteiger partial charge on any atom is -0.487 e. The van der Waals surface area contributed by atoms with Crippen LogP contribution in [0.15, 0.2) is 25.4 Å². The normalized spacial score (nSPS) is 42.6. The number of azo groups is 2. The molecule has 25 heteroatoms. The first-order valence-corrected chi connectivity index (χ1v) is 23.0. The maximum absolute atomic E-state index is 12.5. The third-order valence-electron chi connectivity index (χ3n) is 12.0. The summed E-state index contributed by atoms with van der Waals surface area (Å²) in [5.74, 6) is -2.27. The van der Waals surface area contributed by atoms with E-state index in [-0.39, 0.29) is 57.3 Å². The highest BCUT2D eigenvalue weighted by molar-refractivity contribution is 7.95. The molecule has 0 amide bonds. The van der Waals surface area contributed by atoms with Gasteiger partial charge in [-0.1, -0.05) is 11.5 Å². The van der Waals surface area contributed by atoms with E-state index in [9.17, 15) is 44.0 Å². The summed E-state index contributed by atoms with van der Waals surface area (Å²) in [5.41, 5.74) is 6.12. The van der Waals surface area contributed by atoms with Crippen molar-refractivity contribution in [3.8, 4) is 0 Å². The summed E-state index contributed by atoms with van der Waals surface area (Å²) in [4.78, 5) is 4.48. The highest BCUT2D eigenvalue weighted by atomic mass is 32.2. The monoisotopic (exact) mass is 850 g/mol. The summed E-state index contributed by atoms with van der Waals surface area (Å²) < 4.78 is 119. The van der Waals surface area contributed by atoms with Gasteiger partial charge in [0.15, 0.2) is 6.40 Å². The molecule has 54 heavy (non-hydrogen) atoms. The SMILES string of the molecule is COC=NC1CC(N=NC2C(SOOO)CC3CC(S(=O)(=O)O)C(N)CC3C2O)C(OC)CC1N=NC1CC2C(CCCC2S(=O)(=O)O)C(S(=O)(=O)O)C1. The molecule has 16 atom stereocenters. The molecular formula is C29H50N6O15S4. The Bertz CT molecular complexity index is 1700. The number of aliphatic hydroxyl groups excluding tert-OH is 1. The van der Waals surface area contributed by atoms with Gasteiger partial charge >= 0.3 is 0 Å². The summed E-state index contributed by atoms with van der Waals surface area (Å²) in [5, 5.41) is 37.9. The number of aliphatic imine (C=N–C) groups is 1. The van der Waals surface area contributed by atoms with Gasteiger partial charge in [0, 0.05) is 31.6 Å². The Balaban J connectivity index is 1.35. The fraction of sp³-hybridized carbons (Fsp3) is 0.966. The average molecular weight is 851 g/mol. The van der Waals surface area contributed by atoms with Crippen LogP contribution >= 0.6 is 12.0 Å². The Labute approximate surface area is 318 Å². The number of nitrogens with zero attached hydrogens (tertiary/aromatic N) is 5. The average Bonchev–Trinajstić information content (AvgIpc) is 3.10. The molecule has 0 bridgehead atoms. The van der Waals surface area contributed by atoms with Gasteiger partial charge in [-0.25, -0.2) is 5.26 Å². The summed E-state index contributed by atoms with van der Waals surface area (Å²) >= 11 is 0.681. The lowest BCUT2D eigenvalue weighted by Crippen LogP contribution is -2.57. The molecular weight excluding hydrogens is 801 g/mol. The van der Waals surface area contributed by atoms with Crippen LogP contribution in [-0.4, -0.2) is 139 Å². The summed E-state index contributed by atoms with van der Waals surface area (Å²) in [6, 6.07) is -4.45. The van der Waals surface area contributed by atoms with Crippen molar-refractivity contribution in [2.24, 2.45) is 54.9 Å². The largest absolute Gasteiger partial charge is 0.487 e. The first-order chi connectivity index (χ1) is 25.4. The minimum atomic E-state index is -4.58. The Hall–Kier alpha value is -1.49. The molecule has 0 spiro atoms. The van der Waals surface area contributed by atoms with Gasteiger partial charge in [0.2, 0.25) is 0 Å². The van der Waals surface area contributed by atoms with Gasteiger partial charge in [0.1, 0.15) is 11.3 Å². The maximum Gasteiger partial charge on any atom is 0.269 e. The molecule has 0 aromatic heterocycles. The summed E-state index contributed by atoms with van der Waals surface area (Å²) in [6.45, 7) is 0. The van der Waals surface area contributed by atoms with Crippen molar-refractivity contribution in [1.29, 1.82) is 0 Å². The van der Waals surface area contributed by atoms with Gasteiger partial charge in [-0.3, -0.25) is 18.7 Å². The van der Waals surface area contributed by atoms with Crippen molar-refractivity contribution in [3.05, 3.63) is 0 Å². The van der Waals surface area contributed by atoms with Crippen molar-refractivity contribution in [2.45, 2.75) is 134 Å². The first kappa shape index (κ1) is 43.6. The first-order valence-electron chi connectivity index (χ1n) is 17.7. The third-order valence-corrected chi connectivity index (χ3v) is 16.8. The maximum atomic E-state index is 12.5. The van der Waals surface area contributed by atoms with E-state index in [1.54, 1.807) is 0 Å². The number of fused-ring (bicyclic) bond motifs is 2. The van der Waals surface area contributed by atoms with Crippen molar-refractivity contribution in [3.63, 3.8) is 0 Å². The zero-order chi connectivity index (χ0) is 39.6. The molecule has 0 radical (unpaired) electrons. The molecule has 5 rings (SSSR count). The van der Waals surface area contributed by atoms with Crippen LogP contribution in [-0.2, 0) is 49.2 Å². The Morgan fingerprint density at radius 2 is 1.41 bits per heavy atom. The summed E-state index contributed by atoms with van der Waals surface area (Å²) in [6.07, 6.45) is 1.28. The van der Waals surface area contributed by atoms with E-state index < -0.39 is 118 Å². The molecule has 310 valence electrons. The number of rotatable bonds is 13. The van der Waals surface area contributed by atoms with E-state index in [0.29, 0.717) is 24.9 Å². The Morgan fingerprint density at radius 3 is 2.04 bits per heavy atom. The predicted octanol–water partition coefficient (Wildman–Crippen LogP) is 1.75. The minimum absolute atomic E-state index is 0.00576. The van der Waals surface area contributed by atoms with E-state index in [4.69, 9.17) is 24.8 Å². The van der Waals surface area contributed by atoms with Crippen molar-refractivity contribution < 1.29 is 68.1 Å². The molecule has 0 aromatic carbocycles. The lowest BCUT2D eigenvalue weighted by Gasteiger charge is -2.47. The van der Waals surface area contributed by atoms with Gasteiger partial charge < -0.3 is 20.3 Å². The van der Waals surface area contributed by atoms with Crippen LogP contribution in [0.1, 0.15) is 64.2 Å². The zero-order valence-corrected chi connectivity index (χ0v) is 32.9. The second-order valence-corrected chi connectivity index (χ2v) is 20.8. The highest BCUT2D eigenvalue weighted by Gasteiger charge is 2.53. The molecule has 5 aliphatic rings. The Kier molecular flexibility index (Phi) is 14.5. The van der Waals surface area contributed by atoms with Crippen molar-refractivity contribution >= 4 is 48.8 Å². The second kappa shape index (κ2) is 18.0. The van der Waals surface area contributed by atoms with E-state index in [0.717, 1.165) is 0 Å². The smallest absolute Gasteiger partial charge is 0.269 e. The van der Waals surface area contributed by atoms with E-state index >= 15 is 0 Å². The van der Waals surface area contributed by atoms with Crippen LogP contribution in [0.5, 0.6) is 0 Å². The zero-order valence-electron chi connectivity index (χ0n) is 29.7. The van der Waals surface area contributed by atoms with Crippen LogP contribution in [0.4, 0.5) is 0 Å². The standard InChI is InChI=1S/C29H50N6O15S4/c1-47-13-31-20-11-22(34-35-28-24(51-50-49-37)6-14-7-27(54(44,45)46)19(30)10-17(14)29(28)36)23(48-2)12-21(20)33-32-15-8-18-16(26(9-15)53(41,42)43)4-3-5-25(18)52(38,39)40/h13-29,36-37H,3-12,30H2,1-2H3,(H,38,39,40)(H,41,42,43)(H,44,45,46). The Morgan fingerprint density at radius 1 is 0.722 bits per heavy atom. The molecule has 0 saturated heterocycles. The molecule has 5 saturated carbocycles. The fourth-order valence-corrected chi connectivity index (χ4v) is 13.8. The lowest BCUT2D eigenvalue weighted by molar-refractivity contribution is -0.432. The van der Waals surface area contributed by atoms with Gasteiger partial charge in [-0.05, 0) is 75.0 Å². The lowest BCUT2D eigenvalue weighted by atomic mass is 9.66. The van der Waals surface area contributed by atoms with E-state index in [1.807, 2.05) is 0 Å². The number of methoxy groups -OCH3 is 2. The van der Waals surface area contributed by atoms with Crippen molar-refractivity contribution in [2.75, 3.05) is 14.2 Å². The molecule has 0 aromatic rings. The predicted molar refractivity (Wildman–Crippen MR) is 191 cm³/mol. The van der Waals surface area contributed by atoms with E-state index in [1.165, 1.54) is 20.6 Å². The van der Waals surface area contributed by atoms with Crippen LogP contribution in [0.25, 0.3) is 0 Å². The van der Waals surface area contributed by atoms with Crippen LogP contribution in [0.2, 0.25) is 0 Å². The van der Waals surface area contributed by atoms with Crippen molar-refractivity contribution in [1.82, 2.24) is 0 Å². The van der Waals surface area contributed by atoms with Gasteiger partial charge in [-0.15, -0.1) is 4.33 Å². The van der Waals surface area contributed by atoms with Gasteiger partial charge in [-0.2, -0.15) is 45.7 Å². The molecule has 5 aliphatic carbocycles. The number of ether oxygens (including phenoxy) is 2. The number of aliphatic hydroxyl groups is 1. The number of hydrogen-bond donors (Lipinski definition) is 6. The topological polar surface area (TPSA) is 328 Å². The molecule has 7 N–H and O–H groups in total. The third kappa shape index (κ3) is 10.1. The van der Waals surface area contributed by atoms with E-state index in [2.05, 4.69) is 30.5 Å². The molecule has 16 unspecified atom stereocenters. The number of nitrogens with two attached hydrogens (primary N) is 1. The fourth-order valence-electron chi connectivity index (χ4n) is 9.51.